The lowest BCUT2D eigenvalue weighted by atomic mass is 10.1. The van der Waals surface area contributed by atoms with E-state index in [1.807, 2.05) is 24.3 Å². The van der Waals surface area contributed by atoms with Gasteiger partial charge in [0.2, 0.25) is 0 Å². The Bertz CT molecular complexity index is 966. The molecule has 2 aromatic heterocycles. The largest absolute Gasteiger partial charge is 0.324 e. The summed E-state index contributed by atoms with van der Waals surface area (Å²) in [6.07, 6.45) is 1.14. The summed E-state index contributed by atoms with van der Waals surface area (Å²) in [5, 5.41) is 1.19. The number of hydrogen-bond acceptors (Lipinski definition) is 2. The number of hydrogen-bond donors (Lipinski definition) is 0. The van der Waals surface area contributed by atoms with Crippen LogP contribution in [0.4, 0.5) is 0 Å². The van der Waals surface area contributed by atoms with Gasteiger partial charge in [-0.05, 0) is 30.5 Å². The van der Waals surface area contributed by atoms with E-state index >= 15 is 0 Å². The second-order valence-electron chi connectivity index (χ2n) is 6.24. The minimum absolute atomic E-state index is 0.671. The maximum atomic E-state index is 4.89. The molecule has 0 saturated carbocycles. The lowest BCUT2D eigenvalue weighted by Gasteiger charge is -2.09. The van der Waals surface area contributed by atoms with Crippen LogP contribution in [0, 0.1) is 5.92 Å². The van der Waals surface area contributed by atoms with Crippen molar-refractivity contribution in [1.29, 1.82) is 0 Å². The summed E-state index contributed by atoms with van der Waals surface area (Å²) in [6.45, 7) is 5.50. The van der Waals surface area contributed by atoms with Gasteiger partial charge < -0.3 is 4.57 Å². The van der Waals surface area contributed by atoms with Crippen LogP contribution < -0.4 is 0 Å². The molecule has 4 rings (SSSR count). The van der Waals surface area contributed by atoms with E-state index in [0.717, 1.165) is 35.2 Å². The van der Waals surface area contributed by atoms with E-state index in [1.54, 1.807) is 0 Å². The molecule has 2 heterocycles. The molecule has 0 aliphatic carbocycles. The van der Waals surface area contributed by atoms with Gasteiger partial charge in [0.05, 0.1) is 16.6 Å². The van der Waals surface area contributed by atoms with Crippen molar-refractivity contribution in [2.24, 2.45) is 5.92 Å². The van der Waals surface area contributed by atoms with E-state index in [4.69, 9.17) is 9.97 Å². The molecule has 3 nitrogen and oxygen atoms in total. The molecule has 3 heteroatoms. The fraction of sp³-hybridized carbons (Fsp3) is 0.263. The molecule has 4 aromatic rings. The van der Waals surface area contributed by atoms with Crippen molar-refractivity contribution in [3.05, 3.63) is 48.5 Å². The third-order valence-electron chi connectivity index (χ3n) is 4.19. The molecule has 110 valence electrons. The molecule has 0 atom stereocenters. The molecule has 0 aliphatic rings. The predicted octanol–water partition coefficient (Wildman–Crippen LogP) is 4.78. The van der Waals surface area contributed by atoms with Gasteiger partial charge in [0.15, 0.2) is 5.65 Å². The van der Waals surface area contributed by atoms with Crippen LogP contribution in [0.1, 0.15) is 20.3 Å². The maximum Gasteiger partial charge on any atom is 0.160 e. The van der Waals surface area contributed by atoms with E-state index in [2.05, 4.69) is 42.7 Å². The summed E-state index contributed by atoms with van der Waals surface area (Å²) in [5.41, 5.74) is 5.16. The van der Waals surface area contributed by atoms with Gasteiger partial charge in [-0.3, -0.25) is 0 Å². The van der Waals surface area contributed by atoms with Crippen LogP contribution in [0.25, 0.3) is 33.1 Å². The average Bonchev–Trinajstić information content (AvgIpc) is 2.84. The van der Waals surface area contributed by atoms with Gasteiger partial charge in [0.25, 0.3) is 0 Å². The van der Waals surface area contributed by atoms with Crippen LogP contribution in [-0.2, 0) is 6.54 Å². The number of benzene rings is 2. The summed E-state index contributed by atoms with van der Waals surface area (Å²) < 4.78 is 2.32. The summed E-state index contributed by atoms with van der Waals surface area (Å²) in [5.74, 6) is 0.671. The molecule has 0 N–H and O–H groups in total. The Labute approximate surface area is 129 Å². The van der Waals surface area contributed by atoms with Gasteiger partial charge in [0.1, 0.15) is 5.52 Å². The molecule has 0 radical (unpaired) electrons. The fourth-order valence-corrected chi connectivity index (χ4v) is 3.00. The van der Waals surface area contributed by atoms with Gasteiger partial charge >= 0.3 is 0 Å². The zero-order valence-corrected chi connectivity index (χ0v) is 13.0. The summed E-state index contributed by atoms with van der Waals surface area (Å²) in [6, 6.07) is 16.6. The fourth-order valence-electron chi connectivity index (χ4n) is 3.00. The Morgan fingerprint density at radius 2 is 1.59 bits per heavy atom. The van der Waals surface area contributed by atoms with Crippen molar-refractivity contribution in [2.45, 2.75) is 26.8 Å². The monoisotopic (exact) mass is 289 g/mol. The highest BCUT2D eigenvalue weighted by atomic mass is 15.1. The number of rotatable bonds is 3. The minimum Gasteiger partial charge on any atom is -0.324 e. The minimum atomic E-state index is 0.671. The second kappa shape index (κ2) is 5.09. The van der Waals surface area contributed by atoms with Crippen molar-refractivity contribution in [3.8, 4) is 0 Å². The molecule has 0 amide bonds. The third-order valence-corrected chi connectivity index (χ3v) is 4.19. The Kier molecular flexibility index (Phi) is 3.07. The van der Waals surface area contributed by atoms with Gasteiger partial charge in [0, 0.05) is 11.9 Å². The van der Waals surface area contributed by atoms with Crippen molar-refractivity contribution < 1.29 is 0 Å². The van der Waals surface area contributed by atoms with E-state index in [9.17, 15) is 0 Å². The number of aryl methyl sites for hydroxylation is 1. The molecule has 0 bridgehead atoms. The Morgan fingerprint density at radius 1 is 0.909 bits per heavy atom. The van der Waals surface area contributed by atoms with E-state index < -0.39 is 0 Å². The Hall–Kier alpha value is -2.42. The highest BCUT2D eigenvalue weighted by Crippen LogP contribution is 2.28. The lowest BCUT2D eigenvalue weighted by Crippen LogP contribution is -2.02. The summed E-state index contributed by atoms with van der Waals surface area (Å²) in [4.78, 5) is 9.76. The van der Waals surface area contributed by atoms with Crippen LogP contribution in [0.5, 0.6) is 0 Å². The molecule has 0 aliphatic heterocycles. The Morgan fingerprint density at radius 3 is 2.36 bits per heavy atom. The van der Waals surface area contributed by atoms with E-state index in [-0.39, 0.29) is 0 Å². The number of para-hydroxylation sites is 3. The molecule has 0 unspecified atom stereocenters. The first-order valence-electron chi connectivity index (χ1n) is 7.88. The van der Waals surface area contributed by atoms with Crippen molar-refractivity contribution in [1.82, 2.24) is 14.5 Å². The molecule has 22 heavy (non-hydrogen) atoms. The normalized spacial score (nSPS) is 12.0. The third kappa shape index (κ3) is 2.05. The average molecular weight is 289 g/mol. The number of nitrogens with zero attached hydrogens (tertiary/aromatic N) is 3. The van der Waals surface area contributed by atoms with Crippen LogP contribution >= 0.6 is 0 Å². The first kappa shape index (κ1) is 13.3. The number of fused-ring (bicyclic) bond motifs is 4. The predicted molar refractivity (Wildman–Crippen MR) is 92.0 cm³/mol. The molecule has 0 spiro atoms. The highest BCUT2D eigenvalue weighted by Gasteiger charge is 2.14. The topological polar surface area (TPSA) is 30.7 Å². The summed E-state index contributed by atoms with van der Waals surface area (Å²) in [7, 11) is 0. The standard InChI is InChI=1S/C19H19N3/c1-13(2)11-12-22-17-10-6-3-7-14(17)18-19(22)21-16-9-5-4-8-15(16)20-18/h3-10,13H,11-12H2,1-2H3. The Balaban J connectivity index is 2.06. The van der Waals surface area contributed by atoms with E-state index in [1.165, 1.54) is 10.9 Å². The van der Waals surface area contributed by atoms with Gasteiger partial charge in [-0.2, -0.15) is 0 Å². The van der Waals surface area contributed by atoms with Crippen LogP contribution in [-0.4, -0.2) is 14.5 Å². The number of aromatic nitrogens is 3. The molecular formula is C19H19N3. The van der Waals surface area contributed by atoms with Crippen LogP contribution in [0.3, 0.4) is 0 Å². The van der Waals surface area contributed by atoms with Gasteiger partial charge in [-0.15, -0.1) is 0 Å². The lowest BCUT2D eigenvalue weighted by molar-refractivity contribution is 0.529. The second-order valence-corrected chi connectivity index (χ2v) is 6.24. The van der Waals surface area contributed by atoms with Crippen molar-refractivity contribution in [2.75, 3.05) is 0 Å². The van der Waals surface area contributed by atoms with Crippen molar-refractivity contribution >= 4 is 33.1 Å². The molecule has 0 fully saturated rings. The highest BCUT2D eigenvalue weighted by molar-refractivity contribution is 6.06. The molecule has 2 aromatic carbocycles. The van der Waals surface area contributed by atoms with Crippen LogP contribution in [0.15, 0.2) is 48.5 Å². The summed E-state index contributed by atoms with van der Waals surface area (Å²) >= 11 is 0. The zero-order chi connectivity index (χ0) is 15.1. The van der Waals surface area contributed by atoms with E-state index in [0.29, 0.717) is 5.92 Å². The molecule has 0 saturated heterocycles. The zero-order valence-electron chi connectivity index (χ0n) is 13.0. The quantitative estimate of drug-likeness (QED) is 0.543. The molecular weight excluding hydrogens is 270 g/mol. The first-order chi connectivity index (χ1) is 10.7. The van der Waals surface area contributed by atoms with Crippen LogP contribution in [0.2, 0.25) is 0 Å². The van der Waals surface area contributed by atoms with Crippen molar-refractivity contribution in [3.63, 3.8) is 0 Å². The van der Waals surface area contributed by atoms with Gasteiger partial charge in [-0.25, -0.2) is 9.97 Å². The smallest absolute Gasteiger partial charge is 0.160 e. The van der Waals surface area contributed by atoms with Gasteiger partial charge in [-0.1, -0.05) is 44.2 Å². The SMILES string of the molecule is CC(C)CCn1c2ccccc2c2nc3ccccc3nc21. The first-order valence-corrected chi connectivity index (χ1v) is 7.88. The maximum absolute atomic E-state index is 4.89.